The number of benzene rings is 1. The van der Waals surface area contributed by atoms with Crippen molar-refractivity contribution in [3.8, 4) is 0 Å². The molecular weight excluding hydrogens is 172 g/mol. The van der Waals surface area contributed by atoms with Crippen molar-refractivity contribution in [1.29, 1.82) is 0 Å². The molecule has 1 aliphatic heterocycles. The normalized spacial score (nSPS) is 21.9. The molecule has 0 N–H and O–H groups in total. The highest BCUT2D eigenvalue weighted by atomic mass is 35.5. The maximum Gasteiger partial charge on any atom is 0.0962 e. The summed E-state index contributed by atoms with van der Waals surface area (Å²) in [5, 5.41) is 0. The first-order valence-electron chi connectivity index (χ1n) is 4.17. The van der Waals surface area contributed by atoms with Gasteiger partial charge in [-0.25, -0.2) is 0 Å². The maximum absolute atomic E-state index is 5.78. The quantitative estimate of drug-likeness (QED) is 0.607. The van der Waals surface area contributed by atoms with Crippen molar-refractivity contribution >= 4 is 11.6 Å². The van der Waals surface area contributed by atoms with Crippen LogP contribution < -0.4 is 0 Å². The van der Waals surface area contributed by atoms with Gasteiger partial charge >= 0.3 is 0 Å². The van der Waals surface area contributed by atoms with Crippen LogP contribution in [0.25, 0.3) is 0 Å². The molecule has 0 fully saturated rings. The highest BCUT2D eigenvalue weighted by molar-refractivity contribution is 6.18. The molecule has 12 heavy (non-hydrogen) atoms. The zero-order valence-corrected chi connectivity index (χ0v) is 7.55. The minimum Gasteiger partial charge on any atom is -0.372 e. The highest BCUT2D eigenvalue weighted by Gasteiger charge is 2.18. The molecule has 2 heteroatoms. The number of hydrogen-bond donors (Lipinski definition) is 0. The topological polar surface area (TPSA) is 9.23 Å². The summed E-state index contributed by atoms with van der Waals surface area (Å²) in [6, 6.07) is 8.35. The van der Waals surface area contributed by atoms with E-state index in [9.17, 15) is 0 Å². The Hall–Kier alpha value is -0.530. The molecule has 0 radical (unpaired) electrons. The predicted molar refractivity (Wildman–Crippen MR) is 49.6 cm³/mol. The smallest absolute Gasteiger partial charge is 0.0962 e. The van der Waals surface area contributed by atoms with Gasteiger partial charge in [0.1, 0.15) is 0 Å². The summed E-state index contributed by atoms with van der Waals surface area (Å²) in [5.74, 6) is 0.553. The molecule has 1 atom stereocenters. The summed E-state index contributed by atoms with van der Waals surface area (Å²) in [6.45, 7) is 0.800. The van der Waals surface area contributed by atoms with E-state index in [1.165, 1.54) is 11.1 Å². The Kier molecular flexibility index (Phi) is 2.33. The maximum atomic E-state index is 5.78. The average molecular weight is 183 g/mol. The van der Waals surface area contributed by atoms with Crippen LogP contribution in [0.3, 0.4) is 0 Å². The first kappa shape index (κ1) is 8.09. The summed E-state index contributed by atoms with van der Waals surface area (Å²) in [4.78, 5) is 0. The van der Waals surface area contributed by atoms with Crippen LogP contribution in [-0.2, 0) is 11.2 Å². The summed E-state index contributed by atoms with van der Waals surface area (Å²) < 4.78 is 5.52. The van der Waals surface area contributed by atoms with Crippen molar-refractivity contribution in [2.45, 2.75) is 12.5 Å². The van der Waals surface area contributed by atoms with Crippen molar-refractivity contribution < 1.29 is 4.74 Å². The van der Waals surface area contributed by atoms with E-state index < -0.39 is 0 Å². The first-order valence-corrected chi connectivity index (χ1v) is 4.70. The molecule has 1 aliphatic rings. The predicted octanol–water partition coefficient (Wildman–Crippen LogP) is 2.54. The monoisotopic (exact) mass is 182 g/mol. The number of hydrogen-bond acceptors (Lipinski definition) is 1. The molecule has 1 aromatic carbocycles. The molecule has 0 saturated heterocycles. The van der Waals surface area contributed by atoms with Gasteiger partial charge in [-0.15, -0.1) is 11.6 Å². The molecule has 2 rings (SSSR count). The lowest BCUT2D eigenvalue weighted by molar-refractivity contribution is 0.0579. The lowest BCUT2D eigenvalue weighted by Crippen LogP contribution is -2.16. The van der Waals surface area contributed by atoms with Crippen LogP contribution in [-0.4, -0.2) is 12.5 Å². The van der Waals surface area contributed by atoms with E-state index >= 15 is 0 Å². The fourth-order valence-corrected chi connectivity index (χ4v) is 1.86. The van der Waals surface area contributed by atoms with E-state index in [0.29, 0.717) is 5.88 Å². The summed E-state index contributed by atoms with van der Waals surface area (Å²) in [6.07, 6.45) is 1.13. The van der Waals surface area contributed by atoms with E-state index in [1.807, 2.05) is 6.07 Å². The zero-order valence-electron chi connectivity index (χ0n) is 6.79. The van der Waals surface area contributed by atoms with Gasteiger partial charge in [0.05, 0.1) is 18.6 Å². The largest absolute Gasteiger partial charge is 0.372 e. The van der Waals surface area contributed by atoms with Gasteiger partial charge in [-0.3, -0.25) is 0 Å². The number of rotatable bonds is 1. The summed E-state index contributed by atoms with van der Waals surface area (Å²) in [5.41, 5.74) is 2.65. The van der Waals surface area contributed by atoms with Gasteiger partial charge in [0.15, 0.2) is 0 Å². The van der Waals surface area contributed by atoms with Crippen molar-refractivity contribution in [1.82, 2.24) is 0 Å². The molecule has 1 nitrogen and oxygen atoms in total. The van der Waals surface area contributed by atoms with Crippen molar-refractivity contribution in [2.24, 2.45) is 0 Å². The molecule has 0 unspecified atom stereocenters. The number of alkyl halides is 1. The lowest BCUT2D eigenvalue weighted by atomic mass is 9.99. The minimum atomic E-state index is 0.108. The molecule has 1 heterocycles. The Balaban J connectivity index is 2.37. The second-order valence-electron chi connectivity index (χ2n) is 2.96. The molecule has 0 aliphatic carbocycles. The fourth-order valence-electron chi connectivity index (χ4n) is 1.60. The number of ether oxygens (including phenoxy) is 1. The molecule has 0 saturated carbocycles. The molecule has 0 amide bonds. The van der Waals surface area contributed by atoms with Crippen LogP contribution in [0.4, 0.5) is 0 Å². The lowest BCUT2D eigenvalue weighted by Gasteiger charge is -2.23. The second kappa shape index (κ2) is 3.46. The molecule has 64 valence electrons. The van der Waals surface area contributed by atoms with Gasteiger partial charge in [0.25, 0.3) is 0 Å². The van der Waals surface area contributed by atoms with Crippen LogP contribution in [0.15, 0.2) is 24.3 Å². The van der Waals surface area contributed by atoms with Crippen LogP contribution in [0.1, 0.15) is 17.2 Å². The highest BCUT2D eigenvalue weighted by Crippen LogP contribution is 2.27. The van der Waals surface area contributed by atoms with Gasteiger partial charge < -0.3 is 4.74 Å². The van der Waals surface area contributed by atoms with E-state index in [4.69, 9.17) is 16.3 Å². The summed E-state index contributed by atoms with van der Waals surface area (Å²) >= 11 is 5.78. The van der Waals surface area contributed by atoms with Crippen molar-refractivity contribution in [3.63, 3.8) is 0 Å². The van der Waals surface area contributed by atoms with Crippen LogP contribution in [0.2, 0.25) is 0 Å². The van der Waals surface area contributed by atoms with E-state index in [2.05, 4.69) is 18.2 Å². The molecular formula is C10H11ClO. The molecule has 0 bridgehead atoms. The Bertz CT molecular complexity index is 272. The molecule has 0 spiro atoms. The van der Waals surface area contributed by atoms with E-state index in [1.54, 1.807) is 0 Å². The fraction of sp³-hybridized carbons (Fsp3) is 0.400. The van der Waals surface area contributed by atoms with Crippen LogP contribution in [0.5, 0.6) is 0 Å². The van der Waals surface area contributed by atoms with Crippen molar-refractivity contribution in [2.75, 3.05) is 12.5 Å². The number of fused-ring (bicyclic) bond motifs is 1. The van der Waals surface area contributed by atoms with Gasteiger partial charge in [-0.2, -0.15) is 0 Å². The second-order valence-corrected chi connectivity index (χ2v) is 3.27. The molecule has 0 aromatic heterocycles. The van der Waals surface area contributed by atoms with Gasteiger partial charge in [0, 0.05) is 0 Å². The Morgan fingerprint density at radius 2 is 2.25 bits per heavy atom. The summed E-state index contributed by atoms with van der Waals surface area (Å²) in [7, 11) is 0. The SMILES string of the molecule is ClC[C@@H]1OCCc2ccccc21. The average Bonchev–Trinajstić information content (AvgIpc) is 2.17. The Labute approximate surface area is 77.3 Å². The third-order valence-corrected chi connectivity index (χ3v) is 2.51. The third-order valence-electron chi connectivity index (χ3n) is 2.23. The standard InChI is InChI=1S/C10H11ClO/c11-7-10-9-4-2-1-3-8(9)5-6-12-10/h1-4,10H,5-7H2/t10-/m0/s1. The Morgan fingerprint density at radius 3 is 3.08 bits per heavy atom. The van der Waals surface area contributed by atoms with Gasteiger partial charge in [-0.05, 0) is 17.5 Å². The van der Waals surface area contributed by atoms with Gasteiger partial charge in [-0.1, -0.05) is 24.3 Å². The molecule has 1 aromatic rings. The van der Waals surface area contributed by atoms with Gasteiger partial charge in [0.2, 0.25) is 0 Å². The van der Waals surface area contributed by atoms with Crippen LogP contribution in [0, 0.1) is 0 Å². The zero-order chi connectivity index (χ0) is 8.39. The van der Waals surface area contributed by atoms with Crippen LogP contribution >= 0.6 is 11.6 Å². The first-order chi connectivity index (χ1) is 5.92. The van der Waals surface area contributed by atoms with Crippen molar-refractivity contribution in [3.05, 3.63) is 35.4 Å². The van der Waals surface area contributed by atoms with E-state index in [-0.39, 0.29) is 6.10 Å². The third kappa shape index (κ3) is 1.35. The minimum absolute atomic E-state index is 0.108. The van der Waals surface area contributed by atoms with E-state index in [0.717, 1.165) is 13.0 Å². The Morgan fingerprint density at radius 1 is 1.42 bits per heavy atom. The number of halogens is 1.